The number of nitrogens with one attached hydrogen (secondary N) is 2. The van der Waals surface area contributed by atoms with E-state index in [1.54, 1.807) is 4.90 Å². The molecule has 1 aromatic rings. The second-order valence-electron chi connectivity index (χ2n) is 5.94. The SMILES string of the molecule is CCC(CO)NC(=O)NC1CC(=O)N(C(C)c2ccccc2)C1. The van der Waals surface area contributed by atoms with Gasteiger partial charge < -0.3 is 20.6 Å². The number of amides is 3. The number of rotatable bonds is 6. The van der Waals surface area contributed by atoms with Gasteiger partial charge in [-0.3, -0.25) is 4.79 Å². The molecule has 0 bridgehead atoms. The van der Waals surface area contributed by atoms with Crippen molar-refractivity contribution in [2.45, 2.75) is 44.8 Å². The number of hydrogen-bond acceptors (Lipinski definition) is 3. The standard InChI is InChI=1S/C17H25N3O3/c1-3-14(11-21)18-17(23)19-15-9-16(22)20(10-15)12(2)13-7-5-4-6-8-13/h4-8,12,14-15,21H,3,9-11H2,1-2H3,(H2,18,19,23). The molecule has 3 amide bonds. The van der Waals surface area contributed by atoms with Gasteiger partial charge in [0, 0.05) is 13.0 Å². The van der Waals surface area contributed by atoms with E-state index in [1.807, 2.05) is 44.2 Å². The van der Waals surface area contributed by atoms with Crippen molar-refractivity contribution in [1.82, 2.24) is 15.5 Å². The molecule has 3 unspecified atom stereocenters. The third kappa shape index (κ3) is 4.45. The van der Waals surface area contributed by atoms with Gasteiger partial charge in [0.2, 0.25) is 5.91 Å². The molecule has 126 valence electrons. The lowest BCUT2D eigenvalue weighted by atomic mass is 10.1. The molecule has 0 aliphatic carbocycles. The van der Waals surface area contributed by atoms with Crippen LogP contribution >= 0.6 is 0 Å². The van der Waals surface area contributed by atoms with Gasteiger partial charge in [-0.1, -0.05) is 37.3 Å². The maximum Gasteiger partial charge on any atom is 0.315 e. The first-order valence-corrected chi connectivity index (χ1v) is 8.07. The largest absolute Gasteiger partial charge is 0.394 e. The van der Waals surface area contributed by atoms with E-state index >= 15 is 0 Å². The molecule has 0 radical (unpaired) electrons. The fraction of sp³-hybridized carbons (Fsp3) is 0.529. The molecule has 1 heterocycles. The van der Waals surface area contributed by atoms with Crippen LogP contribution in [-0.2, 0) is 4.79 Å². The molecule has 6 nitrogen and oxygen atoms in total. The van der Waals surface area contributed by atoms with Crippen molar-refractivity contribution >= 4 is 11.9 Å². The van der Waals surface area contributed by atoms with Gasteiger partial charge >= 0.3 is 6.03 Å². The predicted octanol–water partition coefficient (Wildman–Crippen LogP) is 1.42. The minimum absolute atomic E-state index is 0.0145. The van der Waals surface area contributed by atoms with Gasteiger partial charge in [-0.25, -0.2) is 4.79 Å². The summed E-state index contributed by atoms with van der Waals surface area (Å²) in [5.41, 5.74) is 1.08. The van der Waals surface area contributed by atoms with E-state index in [9.17, 15) is 9.59 Å². The number of carbonyl (C=O) groups excluding carboxylic acids is 2. The lowest BCUT2D eigenvalue weighted by molar-refractivity contribution is -0.129. The van der Waals surface area contributed by atoms with Crippen LogP contribution in [0.3, 0.4) is 0 Å². The Morgan fingerprint density at radius 1 is 1.39 bits per heavy atom. The highest BCUT2D eigenvalue weighted by Crippen LogP contribution is 2.25. The molecule has 1 aliphatic rings. The highest BCUT2D eigenvalue weighted by atomic mass is 16.3. The van der Waals surface area contributed by atoms with E-state index in [4.69, 9.17) is 5.11 Å². The zero-order valence-corrected chi connectivity index (χ0v) is 13.7. The fourth-order valence-corrected chi connectivity index (χ4v) is 2.80. The molecular formula is C17H25N3O3. The second kappa shape index (κ2) is 7.97. The highest BCUT2D eigenvalue weighted by molar-refractivity contribution is 5.82. The Bertz CT molecular complexity index is 531. The van der Waals surface area contributed by atoms with Gasteiger partial charge in [-0.2, -0.15) is 0 Å². The Balaban J connectivity index is 1.91. The zero-order valence-electron chi connectivity index (χ0n) is 13.7. The van der Waals surface area contributed by atoms with Crippen LogP contribution in [0.25, 0.3) is 0 Å². The van der Waals surface area contributed by atoms with Gasteiger partial charge in [0.25, 0.3) is 0 Å². The van der Waals surface area contributed by atoms with Crippen LogP contribution in [0.1, 0.15) is 38.3 Å². The smallest absolute Gasteiger partial charge is 0.315 e. The van der Waals surface area contributed by atoms with Crippen LogP contribution in [0.2, 0.25) is 0 Å². The monoisotopic (exact) mass is 319 g/mol. The number of benzene rings is 1. The van der Waals surface area contributed by atoms with Gasteiger partial charge in [0.15, 0.2) is 0 Å². The fourth-order valence-electron chi connectivity index (χ4n) is 2.80. The summed E-state index contributed by atoms with van der Waals surface area (Å²) >= 11 is 0. The molecule has 1 aromatic carbocycles. The number of aliphatic hydroxyl groups is 1. The first-order valence-electron chi connectivity index (χ1n) is 8.07. The molecule has 2 rings (SSSR count). The highest BCUT2D eigenvalue weighted by Gasteiger charge is 2.34. The topological polar surface area (TPSA) is 81.7 Å². The number of hydrogen-bond donors (Lipinski definition) is 3. The molecule has 6 heteroatoms. The summed E-state index contributed by atoms with van der Waals surface area (Å²) in [7, 11) is 0. The molecule has 23 heavy (non-hydrogen) atoms. The molecule has 1 fully saturated rings. The van der Waals surface area contributed by atoms with Crippen LogP contribution < -0.4 is 10.6 Å². The van der Waals surface area contributed by atoms with Crippen LogP contribution in [0.4, 0.5) is 4.79 Å². The molecule has 3 atom stereocenters. The van der Waals surface area contributed by atoms with E-state index in [1.165, 1.54) is 0 Å². The normalized spacial score (nSPS) is 20.2. The van der Waals surface area contributed by atoms with Gasteiger partial charge in [0.1, 0.15) is 0 Å². The maximum atomic E-state index is 12.2. The number of likely N-dealkylation sites (tertiary alicyclic amines) is 1. The second-order valence-corrected chi connectivity index (χ2v) is 5.94. The van der Waals surface area contributed by atoms with Crippen LogP contribution in [-0.4, -0.2) is 47.2 Å². The lowest BCUT2D eigenvalue weighted by Crippen LogP contribution is -2.48. The predicted molar refractivity (Wildman–Crippen MR) is 87.8 cm³/mol. The molecular weight excluding hydrogens is 294 g/mol. The summed E-state index contributed by atoms with van der Waals surface area (Å²) < 4.78 is 0. The Morgan fingerprint density at radius 2 is 2.09 bits per heavy atom. The van der Waals surface area contributed by atoms with Crippen LogP contribution in [0.5, 0.6) is 0 Å². The summed E-state index contributed by atoms with van der Waals surface area (Å²) in [6.45, 7) is 4.29. The summed E-state index contributed by atoms with van der Waals surface area (Å²) in [6, 6.07) is 9.04. The van der Waals surface area contributed by atoms with Crippen molar-refractivity contribution in [1.29, 1.82) is 0 Å². The third-order valence-electron chi connectivity index (χ3n) is 4.29. The van der Waals surface area contributed by atoms with Crippen molar-refractivity contribution in [2.24, 2.45) is 0 Å². The quantitative estimate of drug-likeness (QED) is 0.742. The Kier molecular flexibility index (Phi) is 5.98. The molecule has 0 saturated carbocycles. The van der Waals surface area contributed by atoms with Gasteiger partial charge in [-0.15, -0.1) is 0 Å². The van der Waals surface area contributed by atoms with E-state index in [0.717, 1.165) is 5.56 Å². The first-order chi connectivity index (χ1) is 11.0. The number of aliphatic hydroxyl groups excluding tert-OH is 1. The maximum absolute atomic E-state index is 12.2. The van der Waals surface area contributed by atoms with Crippen LogP contribution in [0, 0.1) is 0 Å². The third-order valence-corrected chi connectivity index (χ3v) is 4.29. The molecule has 0 aromatic heterocycles. The summed E-state index contributed by atoms with van der Waals surface area (Å²) in [5, 5.41) is 14.6. The molecule has 0 spiro atoms. The minimum atomic E-state index is -0.335. The van der Waals surface area contributed by atoms with E-state index in [2.05, 4.69) is 10.6 Å². The molecule has 1 saturated heterocycles. The van der Waals surface area contributed by atoms with Crippen molar-refractivity contribution in [3.8, 4) is 0 Å². The summed E-state index contributed by atoms with van der Waals surface area (Å²) in [4.78, 5) is 25.9. The van der Waals surface area contributed by atoms with Crippen molar-refractivity contribution in [3.05, 3.63) is 35.9 Å². The molecule has 1 aliphatic heterocycles. The average molecular weight is 319 g/mol. The number of nitrogens with zero attached hydrogens (tertiary/aromatic N) is 1. The number of carbonyl (C=O) groups is 2. The Labute approximate surface area is 136 Å². The average Bonchev–Trinajstić information content (AvgIpc) is 2.92. The first kappa shape index (κ1) is 17.3. The Hall–Kier alpha value is -2.08. The van der Waals surface area contributed by atoms with E-state index in [-0.39, 0.29) is 36.7 Å². The van der Waals surface area contributed by atoms with E-state index < -0.39 is 0 Å². The van der Waals surface area contributed by atoms with Crippen molar-refractivity contribution < 1.29 is 14.7 Å². The van der Waals surface area contributed by atoms with Crippen molar-refractivity contribution in [2.75, 3.05) is 13.2 Å². The Morgan fingerprint density at radius 3 is 2.70 bits per heavy atom. The van der Waals surface area contributed by atoms with Crippen molar-refractivity contribution in [3.63, 3.8) is 0 Å². The summed E-state index contributed by atoms with van der Waals surface area (Å²) in [5.74, 6) is 0.0425. The van der Waals surface area contributed by atoms with Crippen LogP contribution in [0.15, 0.2) is 30.3 Å². The minimum Gasteiger partial charge on any atom is -0.394 e. The summed E-state index contributed by atoms with van der Waals surface area (Å²) in [6.07, 6.45) is 0.963. The lowest BCUT2D eigenvalue weighted by Gasteiger charge is -2.25. The molecule has 3 N–H and O–H groups in total. The van der Waals surface area contributed by atoms with Gasteiger partial charge in [-0.05, 0) is 18.9 Å². The van der Waals surface area contributed by atoms with Gasteiger partial charge in [0.05, 0.1) is 24.7 Å². The van der Waals surface area contributed by atoms with E-state index in [0.29, 0.717) is 19.4 Å². The number of urea groups is 1. The zero-order chi connectivity index (χ0) is 16.8.